The maximum atomic E-state index is 13.1. The zero-order valence-corrected chi connectivity index (χ0v) is 14.5. The molecule has 0 aromatic carbocycles. The van der Waals surface area contributed by atoms with Crippen LogP contribution in [0, 0.1) is 13.8 Å². The number of piperidine rings is 1. The standard InChI is InChI=1S/C17H18N4O2S/c1-10-8-13(14-11(2)20-23-15(14)19-10)17(22)21-6-3-4-12(9-21)16-18-5-7-24-16/h5,7-8,12H,3-4,6,9H2,1-2H3. The average Bonchev–Trinajstić information content (AvgIpc) is 3.24. The van der Waals surface area contributed by atoms with Gasteiger partial charge < -0.3 is 9.42 Å². The minimum Gasteiger partial charge on any atom is -0.338 e. The highest BCUT2D eigenvalue weighted by molar-refractivity contribution is 7.09. The van der Waals surface area contributed by atoms with Crippen LogP contribution in [0.4, 0.5) is 0 Å². The Morgan fingerprint density at radius 3 is 3.08 bits per heavy atom. The fraction of sp³-hybridized carbons (Fsp3) is 0.412. The summed E-state index contributed by atoms with van der Waals surface area (Å²) in [5.41, 5.74) is 2.53. The van der Waals surface area contributed by atoms with Gasteiger partial charge in [-0.2, -0.15) is 0 Å². The number of likely N-dealkylation sites (tertiary alicyclic amines) is 1. The molecule has 0 spiro atoms. The third kappa shape index (κ3) is 2.58. The molecule has 4 rings (SSSR count). The molecular formula is C17H18N4O2S. The van der Waals surface area contributed by atoms with E-state index in [2.05, 4.69) is 15.1 Å². The van der Waals surface area contributed by atoms with Crippen LogP contribution in [-0.2, 0) is 0 Å². The molecule has 1 fully saturated rings. The second kappa shape index (κ2) is 5.98. The lowest BCUT2D eigenvalue weighted by molar-refractivity contribution is 0.0709. The smallest absolute Gasteiger partial charge is 0.258 e. The van der Waals surface area contributed by atoms with Crippen molar-refractivity contribution in [1.82, 2.24) is 20.0 Å². The maximum absolute atomic E-state index is 13.1. The molecule has 3 aromatic heterocycles. The van der Waals surface area contributed by atoms with Gasteiger partial charge in [-0.1, -0.05) is 5.16 Å². The monoisotopic (exact) mass is 342 g/mol. The number of aryl methyl sites for hydroxylation is 2. The Kier molecular flexibility index (Phi) is 3.80. The number of fused-ring (bicyclic) bond motifs is 1. The molecule has 124 valence electrons. The number of aromatic nitrogens is 3. The van der Waals surface area contributed by atoms with Crippen LogP contribution in [0.1, 0.15) is 45.5 Å². The summed E-state index contributed by atoms with van der Waals surface area (Å²) in [6, 6.07) is 1.84. The third-order valence-electron chi connectivity index (χ3n) is 4.48. The van der Waals surface area contributed by atoms with E-state index in [1.54, 1.807) is 11.3 Å². The van der Waals surface area contributed by atoms with Gasteiger partial charge in [0.25, 0.3) is 11.6 Å². The van der Waals surface area contributed by atoms with E-state index in [1.807, 2.05) is 36.4 Å². The fourth-order valence-electron chi connectivity index (χ4n) is 3.36. The summed E-state index contributed by atoms with van der Waals surface area (Å²) in [5, 5.41) is 7.80. The van der Waals surface area contributed by atoms with Crippen molar-refractivity contribution in [3.05, 3.63) is 39.6 Å². The van der Waals surface area contributed by atoms with E-state index in [1.165, 1.54) is 0 Å². The van der Waals surface area contributed by atoms with Crippen molar-refractivity contribution < 1.29 is 9.32 Å². The summed E-state index contributed by atoms with van der Waals surface area (Å²) in [7, 11) is 0. The van der Waals surface area contributed by atoms with Crippen molar-refractivity contribution in [2.24, 2.45) is 0 Å². The predicted molar refractivity (Wildman–Crippen MR) is 91.3 cm³/mol. The van der Waals surface area contributed by atoms with Crippen molar-refractivity contribution in [3.63, 3.8) is 0 Å². The van der Waals surface area contributed by atoms with E-state index in [-0.39, 0.29) is 5.91 Å². The van der Waals surface area contributed by atoms with Gasteiger partial charge in [-0.15, -0.1) is 11.3 Å². The van der Waals surface area contributed by atoms with Crippen LogP contribution >= 0.6 is 11.3 Å². The van der Waals surface area contributed by atoms with Gasteiger partial charge in [0.1, 0.15) is 0 Å². The Balaban J connectivity index is 1.67. The van der Waals surface area contributed by atoms with Crippen molar-refractivity contribution >= 4 is 28.3 Å². The Morgan fingerprint density at radius 2 is 2.29 bits per heavy atom. The highest BCUT2D eigenvalue weighted by atomic mass is 32.1. The Hall–Kier alpha value is -2.28. The first kappa shape index (κ1) is 15.3. The molecule has 1 amide bonds. The van der Waals surface area contributed by atoms with Crippen molar-refractivity contribution in [1.29, 1.82) is 0 Å². The molecule has 24 heavy (non-hydrogen) atoms. The van der Waals surface area contributed by atoms with Crippen molar-refractivity contribution in [3.8, 4) is 0 Å². The summed E-state index contributed by atoms with van der Waals surface area (Å²) >= 11 is 1.66. The highest BCUT2D eigenvalue weighted by Crippen LogP contribution is 2.30. The number of rotatable bonds is 2. The SMILES string of the molecule is Cc1cc(C(=O)N2CCCC(c3nccs3)C2)c2c(C)noc2n1. The predicted octanol–water partition coefficient (Wildman–Crippen LogP) is 3.32. The number of thiazole rings is 1. The quantitative estimate of drug-likeness (QED) is 0.714. The van der Waals surface area contributed by atoms with E-state index in [0.29, 0.717) is 29.4 Å². The molecule has 3 aromatic rings. The lowest BCUT2D eigenvalue weighted by Gasteiger charge is -2.32. The molecule has 4 heterocycles. The largest absolute Gasteiger partial charge is 0.338 e. The minimum atomic E-state index is 0.0260. The Bertz CT molecular complexity index is 888. The lowest BCUT2D eigenvalue weighted by atomic mass is 9.97. The molecule has 0 saturated carbocycles. The average molecular weight is 342 g/mol. The molecule has 1 unspecified atom stereocenters. The maximum Gasteiger partial charge on any atom is 0.258 e. The van der Waals surface area contributed by atoms with Crippen LogP contribution in [0.5, 0.6) is 0 Å². The number of nitrogens with zero attached hydrogens (tertiary/aromatic N) is 4. The summed E-state index contributed by atoms with van der Waals surface area (Å²) in [6.45, 7) is 5.18. The molecule has 0 radical (unpaired) electrons. The van der Waals surface area contributed by atoms with Gasteiger partial charge in [0, 0.05) is 36.3 Å². The molecule has 0 N–H and O–H groups in total. The molecule has 1 aliphatic heterocycles. The van der Waals surface area contributed by atoms with Crippen molar-refractivity contribution in [2.45, 2.75) is 32.6 Å². The second-order valence-electron chi connectivity index (χ2n) is 6.22. The lowest BCUT2D eigenvalue weighted by Crippen LogP contribution is -2.39. The zero-order chi connectivity index (χ0) is 16.7. The summed E-state index contributed by atoms with van der Waals surface area (Å²) in [4.78, 5) is 23.8. The fourth-order valence-corrected chi connectivity index (χ4v) is 4.12. The zero-order valence-electron chi connectivity index (χ0n) is 13.7. The van der Waals surface area contributed by atoms with E-state index >= 15 is 0 Å². The van der Waals surface area contributed by atoms with Gasteiger partial charge in [0.05, 0.1) is 21.7 Å². The topological polar surface area (TPSA) is 72.1 Å². The van der Waals surface area contributed by atoms with Gasteiger partial charge in [-0.05, 0) is 32.8 Å². The minimum absolute atomic E-state index is 0.0260. The number of carbonyl (C=O) groups excluding carboxylic acids is 1. The Labute approximate surface area is 143 Å². The molecule has 1 atom stereocenters. The van der Waals surface area contributed by atoms with E-state index in [4.69, 9.17) is 4.52 Å². The molecule has 7 heteroatoms. The molecule has 1 aliphatic rings. The third-order valence-corrected chi connectivity index (χ3v) is 5.42. The summed E-state index contributed by atoms with van der Waals surface area (Å²) in [6.07, 6.45) is 3.90. The summed E-state index contributed by atoms with van der Waals surface area (Å²) < 4.78 is 5.25. The highest BCUT2D eigenvalue weighted by Gasteiger charge is 2.29. The first-order chi connectivity index (χ1) is 11.6. The molecule has 6 nitrogen and oxygen atoms in total. The number of hydrogen-bond donors (Lipinski definition) is 0. The van der Waals surface area contributed by atoms with Crippen molar-refractivity contribution in [2.75, 3.05) is 13.1 Å². The Morgan fingerprint density at radius 1 is 1.42 bits per heavy atom. The molecule has 1 saturated heterocycles. The van der Waals surface area contributed by atoms with E-state index < -0.39 is 0 Å². The van der Waals surface area contributed by atoms with Crippen LogP contribution in [-0.4, -0.2) is 39.0 Å². The van der Waals surface area contributed by atoms with Gasteiger partial charge in [-0.3, -0.25) is 4.79 Å². The first-order valence-electron chi connectivity index (χ1n) is 8.06. The number of pyridine rings is 1. The molecule has 0 bridgehead atoms. The van der Waals surface area contributed by atoms with Gasteiger partial charge >= 0.3 is 0 Å². The molecule has 0 aliphatic carbocycles. The van der Waals surface area contributed by atoms with Crippen LogP contribution in [0.2, 0.25) is 0 Å². The van der Waals surface area contributed by atoms with Crippen LogP contribution in [0.25, 0.3) is 11.1 Å². The van der Waals surface area contributed by atoms with Crippen LogP contribution in [0.15, 0.2) is 22.2 Å². The molecular weight excluding hydrogens is 324 g/mol. The van der Waals surface area contributed by atoms with Crippen LogP contribution < -0.4 is 0 Å². The number of amides is 1. The van der Waals surface area contributed by atoms with Gasteiger partial charge in [0.2, 0.25) is 0 Å². The normalized spacial score (nSPS) is 18.2. The van der Waals surface area contributed by atoms with Gasteiger partial charge in [0.15, 0.2) is 0 Å². The first-order valence-corrected chi connectivity index (χ1v) is 8.93. The van der Waals surface area contributed by atoms with E-state index in [0.717, 1.165) is 35.5 Å². The second-order valence-corrected chi connectivity index (χ2v) is 7.15. The number of hydrogen-bond acceptors (Lipinski definition) is 6. The summed E-state index contributed by atoms with van der Waals surface area (Å²) in [5.74, 6) is 0.350. The van der Waals surface area contributed by atoms with Gasteiger partial charge in [-0.25, -0.2) is 9.97 Å². The number of carbonyl (C=O) groups is 1. The van der Waals surface area contributed by atoms with E-state index in [9.17, 15) is 4.79 Å². The van der Waals surface area contributed by atoms with Crippen LogP contribution in [0.3, 0.4) is 0 Å².